The molecule has 1 saturated carbocycles. The summed E-state index contributed by atoms with van der Waals surface area (Å²) in [6.45, 7) is 3.76. The van der Waals surface area contributed by atoms with E-state index >= 15 is 0 Å². The Morgan fingerprint density at radius 3 is 3.00 bits per heavy atom. The molecule has 0 bridgehead atoms. The standard InChI is InChI=1S/C12H15N5O3/c1-5-6(3-18)8(19)2-7(5)17-4-14-9-10(13)15-12(20)16-11(9)17/h4,6-8,18-19H,1-3H2,(H3,13,15,16,20)/t6-,7-,8-/m1/s1. The third-order valence-corrected chi connectivity index (χ3v) is 3.84. The second-order valence-corrected chi connectivity index (χ2v) is 4.96. The van der Waals surface area contributed by atoms with Crippen molar-refractivity contribution in [3.05, 3.63) is 29.0 Å². The Morgan fingerprint density at radius 1 is 1.60 bits per heavy atom. The number of imidazole rings is 1. The first kappa shape index (κ1) is 12.8. The van der Waals surface area contributed by atoms with Gasteiger partial charge in [-0.3, -0.25) is 4.98 Å². The molecule has 2 heterocycles. The first-order valence-electron chi connectivity index (χ1n) is 6.23. The van der Waals surface area contributed by atoms with Crippen molar-refractivity contribution in [3.8, 4) is 0 Å². The largest absolute Gasteiger partial charge is 0.396 e. The first-order chi connectivity index (χ1) is 9.52. The van der Waals surface area contributed by atoms with E-state index in [-0.39, 0.29) is 24.4 Å². The van der Waals surface area contributed by atoms with Gasteiger partial charge in [0.1, 0.15) is 11.3 Å². The number of aromatic nitrogens is 4. The number of nitrogen functional groups attached to an aromatic ring is 1. The zero-order valence-corrected chi connectivity index (χ0v) is 10.7. The van der Waals surface area contributed by atoms with Crippen molar-refractivity contribution in [3.63, 3.8) is 0 Å². The van der Waals surface area contributed by atoms with Crippen LogP contribution in [-0.4, -0.2) is 42.4 Å². The number of aliphatic hydroxyl groups excluding tert-OH is 2. The molecule has 2 aromatic heterocycles. The zero-order valence-electron chi connectivity index (χ0n) is 10.7. The number of hydrogen-bond donors (Lipinski definition) is 4. The lowest BCUT2D eigenvalue weighted by Crippen LogP contribution is -2.17. The van der Waals surface area contributed by atoms with Crippen LogP contribution in [0.1, 0.15) is 12.5 Å². The fraction of sp³-hybridized carbons (Fsp3) is 0.417. The lowest BCUT2D eigenvalue weighted by molar-refractivity contribution is 0.101. The fourth-order valence-electron chi connectivity index (χ4n) is 2.75. The highest BCUT2D eigenvalue weighted by atomic mass is 16.3. The van der Waals surface area contributed by atoms with E-state index in [0.29, 0.717) is 23.2 Å². The molecule has 3 rings (SSSR count). The van der Waals surface area contributed by atoms with Gasteiger partial charge in [0, 0.05) is 5.92 Å². The average Bonchev–Trinajstić information content (AvgIpc) is 2.91. The molecule has 0 amide bonds. The van der Waals surface area contributed by atoms with Gasteiger partial charge in [-0.15, -0.1) is 0 Å². The lowest BCUT2D eigenvalue weighted by Gasteiger charge is -2.15. The maximum absolute atomic E-state index is 11.4. The Morgan fingerprint density at radius 2 is 2.35 bits per heavy atom. The van der Waals surface area contributed by atoms with Gasteiger partial charge in [0.15, 0.2) is 5.65 Å². The van der Waals surface area contributed by atoms with Crippen molar-refractivity contribution < 1.29 is 10.2 Å². The molecule has 0 saturated heterocycles. The Hall–Kier alpha value is -2.19. The lowest BCUT2D eigenvalue weighted by atomic mass is 10.0. The predicted octanol–water partition coefficient (Wildman–Crippen LogP) is -0.828. The smallest absolute Gasteiger partial charge is 0.348 e. The average molecular weight is 277 g/mol. The Bertz CT molecular complexity index is 734. The SMILES string of the molecule is C=C1[C@@H](CO)[C@H](O)C[C@H]1n1cnc2c(N)[nH]c(=O)nc21. The second-order valence-electron chi connectivity index (χ2n) is 4.96. The van der Waals surface area contributed by atoms with E-state index in [0.717, 1.165) is 0 Å². The minimum absolute atomic E-state index is 0.154. The van der Waals surface area contributed by atoms with Crippen LogP contribution in [0.3, 0.4) is 0 Å². The van der Waals surface area contributed by atoms with Crippen molar-refractivity contribution >= 4 is 17.0 Å². The van der Waals surface area contributed by atoms with Gasteiger partial charge in [-0.1, -0.05) is 6.58 Å². The molecule has 1 aliphatic carbocycles. The minimum atomic E-state index is -0.672. The number of nitrogens with one attached hydrogen (secondary N) is 1. The molecule has 1 fully saturated rings. The number of fused-ring (bicyclic) bond motifs is 1. The van der Waals surface area contributed by atoms with Crippen LogP contribution in [0.4, 0.5) is 5.82 Å². The van der Waals surface area contributed by atoms with Gasteiger partial charge in [0.05, 0.1) is 25.1 Å². The molecular formula is C12H15N5O3. The van der Waals surface area contributed by atoms with Crippen molar-refractivity contribution in [1.82, 2.24) is 19.5 Å². The van der Waals surface area contributed by atoms with Crippen molar-refractivity contribution in [2.24, 2.45) is 5.92 Å². The van der Waals surface area contributed by atoms with Crippen LogP contribution in [-0.2, 0) is 0 Å². The van der Waals surface area contributed by atoms with E-state index in [1.165, 1.54) is 6.33 Å². The van der Waals surface area contributed by atoms with Crippen LogP contribution in [0, 0.1) is 5.92 Å². The Labute approximate surface area is 113 Å². The molecule has 5 N–H and O–H groups in total. The number of H-pyrrole nitrogens is 1. The number of nitrogens with two attached hydrogens (primary N) is 1. The van der Waals surface area contributed by atoms with Gasteiger partial charge in [-0.25, -0.2) is 9.78 Å². The summed E-state index contributed by atoms with van der Waals surface area (Å²) in [6.07, 6.45) is 1.24. The molecule has 3 atom stereocenters. The highest BCUT2D eigenvalue weighted by Gasteiger charge is 2.37. The molecule has 106 valence electrons. The topological polar surface area (TPSA) is 130 Å². The molecule has 0 radical (unpaired) electrons. The number of aromatic amines is 1. The zero-order chi connectivity index (χ0) is 14.4. The van der Waals surface area contributed by atoms with Crippen LogP contribution in [0.2, 0.25) is 0 Å². The highest BCUT2D eigenvalue weighted by Crippen LogP contribution is 2.39. The van der Waals surface area contributed by atoms with Gasteiger partial charge in [0.25, 0.3) is 0 Å². The fourth-order valence-corrected chi connectivity index (χ4v) is 2.75. The van der Waals surface area contributed by atoms with Gasteiger partial charge in [-0.05, 0) is 12.0 Å². The quantitative estimate of drug-likeness (QED) is 0.530. The summed E-state index contributed by atoms with van der Waals surface area (Å²) in [5.74, 6) is -0.224. The van der Waals surface area contributed by atoms with E-state index < -0.39 is 11.8 Å². The summed E-state index contributed by atoms with van der Waals surface area (Å²) in [5, 5.41) is 19.2. The van der Waals surface area contributed by atoms with Gasteiger partial charge in [0.2, 0.25) is 0 Å². The summed E-state index contributed by atoms with van der Waals surface area (Å²) in [6, 6.07) is -0.263. The third kappa shape index (κ3) is 1.73. The van der Waals surface area contributed by atoms with E-state index in [9.17, 15) is 15.0 Å². The summed E-state index contributed by atoms with van der Waals surface area (Å²) in [4.78, 5) is 21.8. The monoisotopic (exact) mass is 277 g/mol. The molecule has 8 nitrogen and oxygen atoms in total. The summed E-state index contributed by atoms with van der Waals surface area (Å²) in [7, 11) is 0. The van der Waals surface area contributed by atoms with Crippen molar-refractivity contribution in [2.75, 3.05) is 12.3 Å². The molecule has 20 heavy (non-hydrogen) atoms. The number of aliphatic hydroxyl groups is 2. The Kier molecular flexibility index (Phi) is 2.84. The van der Waals surface area contributed by atoms with Crippen LogP contribution in [0.15, 0.2) is 23.3 Å². The normalized spacial score (nSPS) is 26.5. The maximum atomic E-state index is 11.4. The Balaban J connectivity index is 2.12. The van der Waals surface area contributed by atoms with Gasteiger partial charge in [-0.2, -0.15) is 4.98 Å². The summed E-state index contributed by atoms with van der Waals surface area (Å²) in [5.41, 5.74) is 6.59. The molecule has 1 aliphatic rings. The van der Waals surface area contributed by atoms with E-state index in [1.54, 1.807) is 4.57 Å². The first-order valence-corrected chi connectivity index (χ1v) is 6.23. The third-order valence-electron chi connectivity index (χ3n) is 3.84. The van der Waals surface area contributed by atoms with Gasteiger partial charge >= 0.3 is 5.69 Å². The van der Waals surface area contributed by atoms with E-state index in [1.807, 2.05) is 0 Å². The molecule has 0 aliphatic heterocycles. The predicted molar refractivity (Wildman–Crippen MR) is 71.9 cm³/mol. The molecular weight excluding hydrogens is 262 g/mol. The van der Waals surface area contributed by atoms with E-state index in [2.05, 4.69) is 21.5 Å². The van der Waals surface area contributed by atoms with Crippen molar-refractivity contribution in [1.29, 1.82) is 0 Å². The number of anilines is 1. The van der Waals surface area contributed by atoms with Crippen LogP contribution in [0.5, 0.6) is 0 Å². The molecule has 2 aromatic rings. The molecule has 8 heteroatoms. The minimum Gasteiger partial charge on any atom is -0.396 e. The summed E-state index contributed by atoms with van der Waals surface area (Å²) < 4.78 is 1.67. The number of nitrogens with zero attached hydrogens (tertiary/aromatic N) is 3. The second kappa shape index (κ2) is 4.43. The number of rotatable bonds is 2. The molecule has 0 unspecified atom stereocenters. The van der Waals surface area contributed by atoms with Crippen LogP contribution < -0.4 is 11.4 Å². The summed E-state index contributed by atoms with van der Waals surface area (Å²) >= 11 is 0. The van der Waals surface area contributed by atoms with Crippen LogP contribution >= 0.6 is 0 Å². The number of hydrogen-bond acceptors (Lipinski definition) is 6. The highest BCUT2D eigenvalue weighted by molar-refractivity contribution is 5.81. The molecule has 0 spiro atoms. The molecule has 0 aromatic carbocycles. The maximum Gasteiger partial charge on any atom is 0.348 e. The van der Waals surface area contributed by atoms with E-state index in [4.69, 9.17) is 5.73 Å². The van der Waals surface area contributed by atoms with Crippen LogP contribution in [0.25, 0.3) is 11.2 Å². The van der Waals surface area contributed by atoms with Crippen molar-refractivity contribution in [2.45, 2.75) is 18.6 Å². The van der Waals surface area contributed by atoms with Gasteiger partial charge < -0.3 is 20.5 Å².